The van der Waals surface area contributed by atoms with Gasteiger partial charge in [0, 0.05) is 11.8 Å². The molecule has 0 amide bonds. The molecule has 1 heterocycles. The predicted octanol–water partition coefficient (Wildman–Crippen LogP) is 3.52. The average molecular weight is 275 g/mol. The van der Waals surface area contributed by atoms with Crippen LogP contribution in [0.3, 0.4) is 0 Å². The zero-order valence-electron chi connectivity index (χ0n) is 9.17. The van der Waals surface area contributed by atoms with Gasteiger partial charge < -0.3 is 5.32 Å². The van der Waals surface area contributed by atoms with Crippen molar-refractivity contribution in [2.75, 3.05) is 5.32 Å². The third kappa shape index (κ3) is 3.15. The van der Waals surface area contributed by atoms with Crippen molar-refractivity contribution in [3.63, 3.8) is 0 Å². The van der Waals surface area contributed by atoms with E-state index in [2.05, 4.69) is 15.3 Å². The minimum atomic E-state index is -4.81. The second-order valence-corrected chi connectivity index (χ2v) is 3.54. The Morgan fingerprint density at radius 3 is 2.37 bits per heavy atom. The molecule has 2 rings (SSSR count). The molecule has 0 atom stereocenters. The smallest absolute Gasteiger partial charge is 0.340 e. The molecule has 0 aliphatic carbocycles. The second kappa shape index (κ2) is 4.79. The zero-order valence-corrected chi connectivity index (χ0v) is 9.17. The fraction of sp³-hybridized carbons (Fsp3) is 0.0909. The molecule has 0 unspecified atom stereocenters. The molecule has 0 fully saturated rings. The monoisotopic (exact) mass is 275 g/mol. The Labute approximate surface area is 104 Å². The summed E-state index contributed by atoms with van der Waals surface area (Å²) in [7, 11) is 0. The van der Waals surface area contributed by atoms with E-state index in [0.29, 0.717) is 12.1 Å². The fourth-order valence-electron chi connectivity index (χ4n) is 1.37. The summed E-state index contributed by atoms with van der Waals surface area (Å²) in [6.07, 6.45) is -3.90. The van der Waals surface area contributed by atoms with Crippen LogP contribution in [0.2, 0.25) is 0 Å². The van der Waals surface area contributed by atoms with Crippen LogP contribution in [-0.2, 0) is 6.18 Å². The van der Waals surface area contributed by atoms with Crippen molar-refractivity contribution in [3.8, 4) is 0 Å². The lowest BCUT2D eigenvalue weighted by Gasteiger charge is -2.11. The molecule has 8 heteroatoms. The number of hydrogen-bond acceptors (Lipinski definition) is 3. The maximum absolute atomic E-state index is 13.0. The Morgan fingerprint density at radius 1 is 1.00 bits per heavy atom. The summed E-state index contributed by atoms with van der Waals surface area (Å²) in [5.74, 6) is -2.25. The van der Waals surface area contributed by atoms with Crippen LogP contribution in [0.15, 0.2) is 30.6 Å². The number of rotatable bonds is 2. The van der Waals surface area contributed by atoms with Crippen LogP contribution < -0.4 is 5.32 Å². The highest BCUT2D eigenvalue weighted by Gasteiger charge is 2.34. The first kappa shape index (κ1) is 13.2. The van der Waals surface area contributed by atoms with Crippen LogP contribution in [0, 0.1) is 11.8 Å². The van der Waals surface area contributed by atoms with E-state index in [0.717, 1.165) is 18.5 Å². The lowest BCUT2D eigenvalue weighted by molar-refractivity contribution is -0.139. The summed E-state index contributed by atoms with van der Waals surface area (Å²) >= 11 is 0. The number of halogens is 5. The van der Waals surface area contributed by atoms with E-state index >= 15 is 0 Å². The number of alkyl halides is 3. The molecule has 0 aliphatic rings. The summed E-state index contributed by atoms with van der Waals surface area (Å²) in [5, 5.41) is 2.43. The topological polar surface area (TPSA) is 37.8 Å². The van der Waals surface area contributed by atoms with Gasteiger partial charge in [-0.1, -0.05) is 0 Å². The highest BCUT2D eigenvalue weighted by molar-refractivity contribution is 5.57. The lowest BCUT2D eigenvalue weighted by Crippen LogP contribution is -2.08. The van der Waals surface area contributed by atoms with E-state index in [-0.39, 0.29) is 11.5 Å². The van der Waals surface area contributed by atoms with Crippen LogP contribution in [0.4, 0.5) is 33.5 Å². The first-order valence-electron chi connectivity index (χ1n) is 4.97. The summed E-state index contributed by atoms with van der Waals surface area (Å²) in [6, 6.07) is 3.24. The van der Waals surface area contributed by atoms with Crippen LogP contribution in [0.5, 0.6) is 0 Å². The van der Waals surface area contributed by atoms with Gasteiger partial charge in [-0.25, -0.2) is 14.4 Å². The molecule has 0 spiro atoms. The first-order valence-corrected chi connectivity index (χ1v) is 4.97. The van der Waals surface area contributed by atoms with Crippen molar-refractivity contribution in [1.82, 2.24) is 9.97 Å². The van der Waals surface area contributed by atoms with E-state index in [1.165, 1.54) is 0 Å². The van der Waals surface area contributed by atoms with Crippen LogP contribution in [-0.4, -0.2) is 9.97 Å². The standard InChI is InChI=1S/C11H6F5N3/c12-8-2-1-6(3-7(8)11(14,15)16)19-10-4-9(13)17-5-18-10/h1-5H,(H,17,18,19). The number of aromatic nitrogens is 2. The van der Waals surface area contributed by atoms with Gasteiger partial charge in [0.25, 0.3) is 0 Å². The molecule has 1 aromatic heterocycles. The third-order valence-electron chi connectivity index (χ3n) is 2.18. The average Bonchev–Trinajstić information content (AvgIpc) is 2.30. The molecule has 19 heavy (non-hydrogen) atoms. The molecule has 0 radical (unpaired) electrons. The quantitative estimate of drug-likeness (QED) is 0.673. The van der Waals surface area contributed by atoms with Crippen molar-refractivity contribution < 1.29 is 22.0 Å². The Hall–Kier alpha value is -2.25. The predicted molar refractivity (Wildman–Crippen MR) is 56.7 cm³/mol. The summed E-state index contributed by atoms with van der Waals surface area (Å²) in [5.41, 5.74) is -1.47. The van der Waals surface area contributed by atoms with Gasteiger partial charge in [0.15, 0.2) is 0 Å². The summed E-state index contributed by atoms with van der Waals surface area (Å²) < 4.78 is 63.2. The molecule has 2 aromatic rings. The Kier molecular flexibility index (Phi) is 3.32. The molecule has 0 bridgehead atoms. The van der Waals surface area contributed by atoms with E-state index in [1.807, 2.05) is 0 Å². The summed E-state index contributed by atoms with van der Waals surface area (Å²) in [4.78, 5) is 6.81. The largest absolute Gasteiger partial charge is 0.419 e. The maximum Gasteiger partial charge on any atom is 0.419 e. The number of anilines is 2. The molecule has 100 valence electrons. The Bertz CT molecular complexity index is 597. The van der Waals surface area contributed by atoms with Gasteiger partial charge in [0.2, 0.25) is 5.95 Å². The minimum absolute atomic E-state index is 0.0350. The molecule has 0 saturated heterocycles. The van der Waals surface area contributed by atoms with E-state index in [9.17, 15) is 22.0 Å². The number of nitrogens with zero attached hydrogens (tertiary/aromatic N) is 2. The third-order valence-corrected chi connectivity index (χ3v) is 2.18. The van der Waals surface area contributed by atoms with Crippen LogP contribution in [0.1, 0.15) is 5.56 Å². The van der Waals surface area contributed by atoms with Gasteiger partial charge >= 0.3 is 6.18 Å². The van der Waals surface area contributed by atoms with Crippen molar-refractivity contribution in [2.24, 2.45) is 0 Å². The SMILES string of the molecule is Fc1cc(Nc2ccc(F)c(C(F)(F)F)c2)ncn1. The summed E-state index contributed by atoms with van der Waals surface area (Å²) in [6.45, 7) is 0. The van der Waals surface area contributed by atoms with Crippen LogP contribution >= 0.6 is 0 Å². The van der Waals surface area contributed by atoms with Gasteiger partial charge in [-0.3, -0.25) is 0 Å². The van der Waals surface area contributed by atoms with Crippen molar-refractivity contribution in [2.45, 2.75) is 6.18 Å². The van der Waals surface area contributed by atoms with E-state index in [1.54, 1.807) is 0 Å². The molecular formula is C11H6F5N3. The molecule has 1 N–H and O–H groups in total. The normalized spacial score (nSPS) is 11.4. The zero-order chi connectivity index (χ0) is 14.0. The molecular weight excluding hydrogens is 269 g/mol. The maximum atomic E-state index is 13.0. The molecule has 0 aliphatic heterocycles. The van der Waals surface area contributed by atoms with Crippen molar-refractivity contribution in [3.05, 3.63) is 47.9 Å². The molecule has 3 nitrogen and oxygen atoms in total. The lowest BCUT2D eigenvalue weighted by atomic mass is 10.2. The van der Waals surface area contributed by atoms with Gasteiger partial charge in [0.05, 0.1) is 5.56 Å². The Balaban J connectivity index is 2.32. The number of nitrogens with one attached hydrogen (secondary N) is 1. The van der Waals surface area contributed by atoms with Gasteiger partial charge in [0.1, 0.15) is 18.0 Å². The van der Waals surface area contributed by atoms with Gasteiger partial charge in [-0.05, 0) is 18.2 Å². The van der Waals surface area contributed by atoms with Gasteiger partial charge in [-0.2, -0.15) is 17.6 Å². The van der Waals surface area contributed by atoms with Crippen molar-refractivity contribution in [1.29, 1.82) is 0 Å². The number of benzene rings is 1. The highest BCUT2D eigenvalue weighted by atomic mass is 19.4. The second-order valence-electron chi connectivity index (χ2n) is 3.54. The van der Waals surface area contributed by atoms with E-state index in [4.69, 9.17) is 0 Å². The van der Waals surface area contributed by atoms with Crippen LogP contribution in [0.25, 0.3) is 0 Å². The van der Waals surface area contributed by atoms with E-state index < -0.39 is 23.5 Å². The minimum Gasteiger partial charge on any atom is -0.340 e. The Morgan fingerprint density at radius 2 is 1.74 bits per heavy atom. The number of hydrogen-bond donors (Lipinski definition) is 1. The fourth-order valence-corrected chi connectivity index (χ4v) is 1.37. The van der Waals surface area contributed by atoms with Gasteiger partial charge in [-0.15, -0.1) is 0 Å². The first-order chi connectivity index (χ1) is 8.86. The highest BCUT2D eigenvalue weighted by Crippen LogP contribution is 2.33. The molecule has 0 saturated carbocycles. The molecule has 1 aromatic carbocycles. The van der Waals surface area contributed by atoms with Crippen molar-refractivity contribution >= 4 is 11.5 Å².